The zero-order chi connectivity index (χ0) is 18.3. The second-order valence-electron chi connectivity index (χ2n) is 5.66. The van der Waals surface area contributed by atoms with Crippen LogP contribution in [0.1, 0.15) is 5.56 Å². The second-order valence-corrected chi connectivity index (χ2v) is 5.66. The molecule has 0 saturated heterocycles. The highest BCUT2D eigenvalue weighted by atomic mass is 16.6. The molecule has 0 aromatic heterocycles. The third-order valence-corrected chi connectivity index (χ3v) is 4.01. The van der Waals surface area contributed by atoms with Crippen LogP contribution in [0.15, 0.2) is 72.2 Å². The van der Waals surface area contributed by atoms with E-state index in [2.05, 4.69) is 0 Å². The standard InChI is InChI=1S/C20H12O6/c21-14-10-15-17(22)18(16(14)11-4-2-1-3-5-11)26-20(24)13-8-6-12(7-9-13)19(23)25-15/h1-10,23-24H. The summed E-state index contributed by atoms with van der Waals surface area (Å²) in [6.45, 7) is 0. The Labute approximate surface area is 147 Å². The lowest BCUT2D eigenvalue weighted by molar-refractivity contribution is -0.119. The van der Waals surface area contributed by atoms with Crippen LogP contribution in [0, 0.1) is 0 Å². The van der Waals surface area contributed by atoms with Crippen LogP contribution >= 0.6 is 0 Å². The van der Waals surface area contributed by atoms with Gasteiger partial charge in [-0.1, -0.05) is 30.3 Å². The molecule has 0 radical (unpaired) electrons. The van der Waals surface area contributed by atoms with Gasteiger partial charge in [-0.15, -0.1) is 0 Å². The first-order chi connectivity index (χ1) is 12.5. The van der Waals surface area contributed by atoms with E-state index in [0.717, 1.165) is 6.08 Å². The summed E-state index contributed by atoms with van der Waals surface area (Å²) < 4.78 is 10.6. The number of benzene rings is 2. The first-order valence-corrected chi connectivity index (χ1v) is 7.73. The van der Waals surface area contributed by atoms with Gasteiger partial charge in [-0.05, 0) is 29.8 Å². The molecule has 2 N–H and O–H groups in total. The number of allylic oxidation sites excluding steroid dienone is 2. The van der Waals surface area contributed by atoms with Crippen LogP contribution in [0.2, 0.25) is 0 Å². The molecule has 2 aromatic carbocycles. The molecule has 0 spiro atoms. The molecule has 6 nitrogen and oxygen atoms in total. The van der Waals surface area contributed by atoms with Gasteiger partial charge in [0.15, 0.2) is 17.3 Å². The topological polar surface area (TPSA) is 93.1 Å². The molecule has 0 atom stereocenters. The highest BCUT2D eigenvalue weighted by Gasteiger charge is 2.34. The maximum atomic E-state index is 12.8. The Balaban J connectivity index is 2.01. The maximum Gasteiger partial charge on any atom is 0.289 e. The Morgan fingerprint density at radius 1 is 0.731 bits per heavy atom. The van der Waals surface area contributed by atoms with Crippen molar-refractivity contribution in [2.45, 2.75) is 0 Å². The average Bonchev–Trinajstić information content (AvgIpc) is 2.67. The minimum Gasteiger partial charge on any atom is -0.480 e. The van der Waals surface area contributed by atoms with Gasteiger partial charge in [-0.25, -0.2) is 0 Å². The molecule has 26 heavy (non-hydrogen) atoms. The van der Waals surface area contributed by atoms with Crippen molar-refractivity contribution in [2.75, 3.05) is 0 Å². The summed E-state index contributed by atoms with van der Waals surface area (Å²) in [5.41, 5.74) is 0.464. The number of aliphatic hydroxyl groups excluding tert-OH is 2. The van der Waals surface area contributed by atoms with Crippen LogP contribution in [0.4, 0.5) is 0 Å². The van der Waals surface area contributed by atoms with Crippen molar-refractivity contribution >= 4 is 29.0 Å². The number of ether oxygens (including phenoxy) is 2. The highest BCUT2D eigenvalue weighted by Crippen LogP contribution is 2.30. The molecule has 2 aromatic rings. The first kappa shape index (κ1) is 15.7. The van der Waals surface area contributed by atoms with Crippen LogP contribution in [-0.4, -0.2) is 21.8 Å². The first-order valence-electron chi connectivity index (χ1n) is 7.73. The SMILES string of the molecule is O=C1C=C2OC(O)=c3ccc(cc3)=C(O)OC(=C1c1ccccc1)C2=O. The van der Waals surface area contributed by atoms with Crippen LogP contribution in [0.3, 0.4) is 0 Å². The van der Waals surface area contributed by atoms with Crippen molar-refractivity contribution < 1.29 is 29.3 Å². The molecule has 4 bridgehead atoms. The molecule has 0 saturated carbocycles. The summed E-state index contributed by atoms with van der Waals surface area (Å²) in [5, 5.41) is 20.9. The van der Waals surface area contributed by atoms with E-state index in [1.807, 2.05) is 0 Å². The highest BCUT2D eigenvalue weighted by molar-refractivity contribution is 6.36. The Bertz CT molecular complexity index is 1100. The normalized spacial score (nSPS) is 16.7. The molecule has 1 aliphatic carbocycles. The Morgan fingerprint density at radius 2 is 1.31 bits per heavy atom. The van der Waals surface area contributed by atoms with Crippen molar-refractivity contribution in [3.05, 3.63) is 88.2 Å². The van der Waals surface area contributed by atoms with E-state index in [9.17, 15) is 19.8 Å². The fraction of sp³-hybridized carbons (Fsp3) is 0. The number of carbonyl (C=O) groups excluding carboxylic acids is 2. The maximum absolute atomic E-state index is 12.8. The van der Waals surface area contributed by atoms with Crippen LogP contribution in [-0.2, 0) is 19.1 Å². The lowest BCUT2D eigenvalue weighted by Crippen LogP contribution is -2.22. The molecule has 128 valence electrons. The summed E-state index contributed by atoms with van der Waals surface area (Å²) in [4.78, 5) is 25.4. The minimum atomic E-state index is -0.760. The van der Waals surface area contributed by atoms with Gasteiger partial charge >= 0.3 is 0 Å². The van der Waals surface area contributed by atoms with Gasteiger partial charge in [-0.3, -0.25) is 9.59 Å². The van der Waals surface area contributed by atoms with Crippen molar-refractivity contribution in [1.82, 2.24) is 0 Å². The Hall–Kier alpha value is -3.80. The molecule has 2 aliphatic heterocycles. The summed E-state index contributed by atoms with van der Waals surface area (Å²) >= 11 is 0. The summed E-state index contributed by atoms with van der Waals surface area (Å²) in [6, 6.07) is 14.4. The van der Waals surface area contributed by atoms with E-state index in [1.165, 1.54) is 24.3 Å². The lowest BCUT2D eigenvalue weighted by atomic mass is 9.94. The smallest absolute Gasteiger partial charge is 0.289 e. The molecule has 6 heteroatoms. The molecule has 0 fully saturated rings. The summed E-state index contributed by atoms with van der Waals surface area (Å²) in [7, 11) is 0. The number of carbonyl (C=O) groups is 2. The zero-order valence-corrected chi connectivity index (χ0v) is 13.3. The van der Waals surface area contributed by atoms with Crippen LogP contribution in [0.25, 0.3) is 17.5 Å². The number of Topliss-reactive ketones (excluding diaryl/α,β-unsaturated/α-hetero) is 1. The number of ketones is 2. The van der Waals surface area contributed by atoms with Crippen LogP contribution in [0.5, 0.6) is 0 Å². The Morgan fingerprint density at radius 3 is 1.92 bits per heavy atom. The molecule has 3 aliphatic rings. The summed E-state index contributed by atoms with van der Waals surface area (Å²) in [6.07, 6.45) is 0.996. The van der Waals surface area contributed by atoms with E-state index >= 15 is 0 Å². The molecule has 0 unspecified atom stereocenters. The lowest BCUT2D eigenvalue weighted by Gasteiger charge is -2.18. The van der Waals surface area contributed by atoms with Gasteiger partial charge in [0.25, 0.3) is 17.7 Å². The summed E-state index contributed by atoms with van der Waals surface area (Å²) in [5.74, 6) is -3.13. The molecule has 5 rings (SSSR count). The number of hydrogen-bond donors (Lipinski definition) is 2. The van der Waals surface area contributed by atoms with Gasteiger partial charge in [0, 0.05) is 6.08 Å². The molecule has 2 heterocycles. The monoisotopic (exact) mass is 348 g/mol. The number of fused-ring (bicyclic) bond motifs is 4. The van der Waals surface area contributed by atoms with E-state index < -0.39 is 23.5 Å². The van der Waals surface area contributed by atoms with Crippen molar-refractivity contribution in [2.24, 2.45) is 0 Å². The molecular formula is C20H12O6. The fourth-order valence-electron chi connectivity index (χ4n) is 2.72. The van der Waals surface area contributed by atoms with E-state index in [0.29, 0.717) is 5.56 Å². The third-order valence-electron chi connectivity index (χ3n) is 4.01. The second kappa shape index (κ2) is 5.93. The predicted molar refractivity (Wildman–Crippen MR) is 91.4 cm³/mol. The Kier molecular flexibility index (Phi) is 3.58. The largest absolute Gasteiger partial charge is 0.480 e. The third kappa shape index (κ3) is 2.53. The number of rotatable bonds is 1. The van der Waals surface area contributed by atoms with Gasteiger partial charge in [0.05, 0.1) is 16.0 Å². The van der Waals surface area contributed by atoms with Gasteiger partial charge in [-0.2, -0.15) is 0 Å². The van der Waals surface area contributed by atoms with Crippen LogP contribution < -0.4 is 10.4 Å². The van der Waals surface area contributed by atoms with E-state index in [-0.39, 0.29) is 27.5 Å². The van der Waals surface area contributed by atoms with Gasteiger partial charge in [0.1, 0.15) is 0 Å². The average molecular weight is 348 g/mol. The quantitative estimate of drug-likeness (QED) is 0.758. The van der Waals surface area contributed by atoms with Crippen molar-refractivity contribution in [3.8, 4) is 0 Å². The van der Waals surface area contributed by atoms with Gasteiger partial charge < -0.3 is 19.7 Å². The molecular weight excluding hydrogens is 336 g/mol. The fourth-order valence-corrected chi connectivity index (χ4v) is 2.72. The zero-order valence-electron chi connectivity index (χ0n) is 13.3. The van der Waals surface area contributed by atoms with Crippen molar-refractivity contribution in [1.29, 1.82) is 0 Å². The van der Waals surface area contributed by atoms with Gasteiger partial charge in [0.2, 0.25) is 0 Å². The van der Waals surface area contributed by atoms with E-state index in [1.54, 1.807) is 30.3 Å². The number of aliphatic hydroxyl groups is 2. The van der Waals surface area contributed by atoms with Crippen molar-refractivity contribution in [3.63, 3.8) is 0 Å². The molecule has 0 amide bonds. The minimum absolute atomic E-state index is 0.00370. The predicted octanol–water partition coefficient (Wildman–Crippen LogP) is 1.43. The number of hydrogen-bond acceptors (Lipinski definition) is 6. The van der Waals surface area contributed by atoms with E-state index in [4.69, 9.17) is 9.47 Å².